The van der Waals surface area contributed by atoms with E-state index in [2.05, 4.69) is 52.0 Å². The zero-order valence-corrected chi connectivity index (χ0v) is 12.2. The van der Waals surface area contributed by atoms with E-state index < -0.39 is 0 Å². The Labute approximate surface area is 111 Å². The third-order valence-electron chi connectivity index (χ3n) is 2.37. The molecule has 0 fully saturated rings. The molecule has 1 aromatic heterocycles. The molecule has 1 unspecified atom stereocenters. The van der Waals surface area contributed by atoms with Crippen LogP contribution in [-0.4, -0.2) is 27.7 Å². The van der Waals surface area contributed by atoms with Crippen molar-refractivity contribution >= 4 is 21.7 Å². The van der Waals surface area contributed by atoms with E-state index in [4.69, 9.17) is 0 Å². The number of halogens is 1. The minimum absolute atomic E-state index is 0.286. The summed E-state index contributed by atoms with van der Waals surface area (Å²) < 4.78 is 0.767. The fourth-order valence-electron chi connectivity index (χ4n) is 1.44. The maximum Gasteiger partial charge on any atom is 0.134 e. The Bertz CT molecular complexity index is 358. The lowest BCUT2D eigenvalue weighted by Gasteiger charge is -2.12. The average Bonchev–Trinajstić information content (AvgIpc) is 2.26. The second kappa shape index (κ2) is 6.91. The number of hydrogen-bond donors (Lipinski definition) is 2. The van der Waals surface area contributed by atoms with Crippen molar-refractivity contribution in [3.63, 3.8) is 0 Å². The van der Waals surface area contributed by atoms with E-state index in [9.17, 15) is 5.11 Å². The van der Waals surface area contributed by atoms with Gasteiger partial charge in [0.25, 0.3) is 0 Å². The van der Waals surface area contributed by atoms with Crippen molar-refractivity contribution in [2.45, 2.75) is 45.6 Å². The topological polar surface area (TPSA) is 58.0 Å². The van der Waals surface area contributed by atoms with Crippen LogP contribution in [0.5, 0.6) is 0 Å². The molecule has 96 valence electrons. The summed E-state index contributed by atoms with van der Waals surface area (Å²) in [5, 5.41) is 12.8. The van der Waals surface area contributed by atoms with Crippen LogP contribution in [0.15, 0.2) is 10.7 Å². The minimum atomic E-state index is -0.323. The summed E-state index contributed by atoms with van der Waals surface area (Å²) in [5.41, 5.74) is 0. The maximum absolute atomic E-state index is 9.64. The highest BCUT2D eigenvalue weighted by atomic mass is 79.9. The molecule has 0 saturated heterocycles. The highest BCUT2D eigenvalue weighted by Gasteiger charge is 2.08. The predicted octanol–water partition coefficient (Wildman–Crippen LogP) is 2.94. The highest BCUT2D eigenvalue weighted by Crippen LogP contribution is 2.17. The SMILES string of the molecule is CCCC(O)CNc1cc(Br)nc(C(C)C)n1. The number of anilines is 1. The van der Waals surface area contributed by atoms with E-state index in [1.807, 2.05) is 6.07 Å². The molecule has 1 atom stereocenters. The first-order valence-corrected chi connectivity index (χ1v) is 6.78. The zero-order chi connectivity index (χ0) is 12.8. The van der Waals surface area contributed by atoms with Gasteiger partial charge in [0.05, 0.1) is 6.10 Å². The fourth-order valence-corrected chi connectivity index (χ4v) is 1.84. The summed E-state index contributed by atoms with van der Waals surface area (Å²) in [7, 11) is 0. The van der Waals surface area contributed by atoms with Crippen molar-refractivity contribution in [3.8, 4) is 0 Å². The van der Waals surface area contributed by atoms with Crippen molar-refractivity contribution in [3.05, 3.63) is 16.5 Å². The van der Waals surface area contributed by atoms with Crippen LogP contribution in [0, 0.1) is 0 Å². The number of rotatable bonds is 6. The molecule has 0 bridgehead atoms. The minimum Gasteiger partial charge on any atom is -0.391 e. The van der Waals surface area contributed by atoms with Gasteiger partial charge in [-0.15, -0.1) is 0 Å². The standard InChI is InChI=1S/C12H20BrN3O/c1-4-5-9(17)7-14-11-6-10(13)15-12(16-11)8(2)3/h6,8-9,17H,4-5,7H2,1-3H3,(H,14,15,16). The van der Waals surface area contributed by atoms with E-state index in [-0.39, 0.29) is 12.0 Å². The third kappa shape index (κ3) is 5.00. The molecule has 5 heteroatoms. The molecule has 0 aliphatic heterocycles. The van der Waals surface area contributed by atoms with E-state index in [0.717, 1.165) is 29.1 Å². The molecular formula is C12H20BrN3O. The molecule has 0 aliphatic rings. The molecule has 0 aliphatic carbocycles. The van der Waals surface area contributed by atoms with Gasteiger partial charge in [-0.2, -0.15) is 0 Å². The van der Waals surface area contributed by atoms with Crippen LogP contribution in [0.4, 0.5) is 5.82 Å². The molecule has 17 heavy (non-hydrogen) atoms. The van der Waals surface area contributed by atoms with Gasteiger partial charge in [-0.05, 0) is 22.4 Å². The van der Waals surface area contributed by atoms with Crippen molar-refractivity contribution in [1.29, 1.82) is 0 Å². The van der Waals surface area contributed by atoms with Crippen LogP contribution >= 0.6 is 15.9 Å². The Kier molecular flexibility index (Phi) is 5.85. The molecule has 0 radical (unpaired) electrons. The van der Waals surface area contributed by atoms with Gasteiger partial charge in [0, 0.05) is 18.5 Å². The second-order valence-electron chi connectivity index (χ2n) is 4.41. The normalized spacial score (nSPS) is 12.8. The number of nitrogens with zero attached hydrogens (tertiary/aromatic N) is 2. The summed E-state index contributed by atoms with van der Waals surface area (Å²) in [5.74, 6) is 1.84. The molecule has 1 heterocycles. The van der Waals surface area contributed by atoms with Gasteiger partial charge in [-0.3, -0.25) is 0 Å². The quantitative estimate of drug-likeness (QED) is 0.793. The summed E-state index contributed by atoms with van der Waals surface area (Å²) in [6.07, 6.45) is 1.46. The van der Waals surface area contributed by atoms with Gasteiger partial charge in [-0.25, -0.2) is 9.97 Å². The van der Waals surface area contributed by atoms with Crippen molar-refractivity contribution in [2.75, 3.05) is 11.9 Å². The largest absolute Gasteiger partial charge is 0.391 e. The molecule has 4 nitrogen and oxygen atoms in total. The molecule has 1 rings (SSSR count). The highest BCUT2D eigenvalue weighted by molar-refractivity contribution is 9.10. The summed E-state index contributed by atoms with van der Waals surface area (Å²) in [6, 6.07) is 1.82. The first-order valence-electron chi connectivity index (χ1n) is 5.99. The second-order valence-corrected chi connectivity index (χ2v) is 5.22. The number of hydrogen-bond acceptors (Lipinski definition) is 4. The Morgan fingerprint density at radius 2 is 2.12 bits per heavy atom. The summed E-state index contributed by atoms with van der Waals surface area (Å²) >= 11 is 3.37. The number of aliphatic hydroxyl groups is 1. The van der Waals surface area contributed by atoms with Crippen molar-refractivity contribution in [1.82, 2.24) is 9.97 Å². The lowest BCUT2D eigenvalue weighted by atomic mass is 10.2. The Hall–Kier alpha value is -0.680. The zero-order valence-electron chi connectivity index (χ0n) is 10.6. The van der Waals surface area contributed by atoms with E-state index in [1.54, 1.807) is 0 Å². The van der Waals surface area contributed by atoms with Gasteiger partial charge in [0.1, 0.15) is 16.2 Å². The Balaban J connectivity index is 2.64. The summed E-state index contributed by atoms with van der Waals surface area (Å²) in [4.78, 5) is 8.70. The lowest BCUT2D eigenvalue weighted by Crippen LogP contribution is -2.20. The molecular weight excluding hydrogens is 282 g/mol. The van der Waals surface area contributed by atoms with E-state index in [0.29, 0.717) is 6.54 Å². The van der Waals surface area contributed by atoms with Crippen LogP contribution in [0.25, 0.3) is 0 Å². The molecule has 0 spiro atoms. The van der Waals surface area contributed by atoms with Gasteiger partial charge >= 0.3 is 0 Å². The Morgan fingerprint density at radius 1 is 1.41 bits per heavy atom. The molecule has 0 saturated carbocycles. The smallest absolute Gasteiger partial charge is 0.134 e. The number of aliphatic hydroxyl groups excluding tert-OH is 1. The Morgan fingerprint density at radius 3 is 2.71 bits per heavy atom. The van der Waals surface area contributed by atoms with E-state index >= 15 is 0 Å². The van der Waals surface area contributed by atoms with Gasteiger partial charge in [0.15, 0.2) is 0 Å². The van der Waals surface area contributed by atoms with Crippen LogP contribution in [0.1, 0.15) is 45.4 Å². The van der Waals surface area contributed by atoms with Gasteiger partial charge in [0.2, 0.25) is 0 Å². The molecule has 2 N–H and O–H groups in total. The molecule has 0 aromatic carbocycles. The summed E-state index contributed by atoms with van der Waals surface area (Å²) in [6.45, 7) is 6.69. The van der Waals surface area contributed by atoms with Crippen LogP contribution in [0.2, 0.25) is 0 Å². The average molecular weight is 302 g/mol. The van der Waals surface area contributed by atoms with Gasteiger partial charge in [-0.1, -0.05) is 27.2 Å². The van der Waals surface area contributed by atoms with Crippen molar-refractivity contribution < 1.29 is 5.11 Å². The van der Waals surface area contributed by atoms with Crippen LogP contribution in [-0.2, 0) is 0 Å². The number of nitrogens with one attached hydrogen (secondary N) is 1. The van der Waals surface area contributed by atoms with Gasteiger partial charge < -0.3 is 10.4 Å². The van der Waals surface area contributed by atoms with Crippen LogP contribution < -0.4 is 5.32 Å². The fraction of sp³-hybridized carbons (Fsp3) is 0.667. The molecule has 1 aromatic rings. The first kappa shape index (κ1) is 14.4. The van der Waals surface area contributed by atoms with Crippen molar-refractivity contribution in [2.24, 2.45) is 0 Å². The lowest BCUT2D eigenvalue weighted by molar-refractivity contribution is 0.176. The van der Waals surface area contributed by atoms with Crippen LogP contribution in [0.3, 0.4) is 0 Å². The monoisotopic (exact) mass is 301 g/mol. The third-order valence-corrected chi connectivity index (χ3v) is 2.78. The number of aromatic nitrogens is 2. The first-order chi connectivity index (χ1) is 8.02. The predicted molar refractivity (Wildman–Crippen MR) is 73.2 cm³/mol. The maximum atomic E-state index is 9.64. The van der Waals surface area contributed by atoms with E-state index in [1.165, 1.54) is 0 Å². The molecule has 0 amide bonds.